The molecule has 0 saturated carbocycles. The Hall–Kier alpha value is -2.51. The average Bonchev–Trinajstić information content (AvgIpc) is 3.01. The fraction of sp³-hybridized carbons (Fsp3) is 0.316. The maximum atomic E-state index is 11.8. The predicted octanol–water partition coefficient (Wildman–Crippen LogP) is 3.47. The van der Waals surface area contributed by atoms with Crippen LogP contribution in [0.4, 0.5) is 0 Å². The Morgan fingerprint density at radius 3 is 2.61 bits per heavy atom. The van der Waals surface area contributed by atoms with Gasteiger partial charge in [0.2, 0.25) is 0 Å². The second-order valence-corrected chi connectivity index (χ2v) is 5.51. The predicted molar refractivity (Wildman–Crippen MR) is 88.9 cm³/mol. The Bertz CT molecular complexity index is 705. The zero-order valence-electron chi connectivity index (χ0n) is 13.7. The van der Waals surface area contributed by atoms with Gasteiger partial charge >= 0.3 is 5.97 Å². The number of carbonyl (C=O) groups excluding carboxylic acids is 1. The van der Waals surface area contributed by atoms with Crippen LogP contribution in [-0.2, 0) is 16.1 Å². The summed E-state index contributed by atoms with van der Waals surface area (Å²) in [5, 5.41) is 0. The van der Waals surface area contributed by atoms with Gasteiger partial charge in [-0.3, -0.25) is 4.57 Å². The van der Waals surface area contributed by atoms with Crippen LogP contribution in [0, 0.1) is 12.0 Å². The first kappa shape index (κ1) is 16.9. The molecule has 0 aliphatic heterocycles. The van der Waals surface area contributed by atoms with Crippen molar-refractivity contribution in [3.63, 3.8) is 0 Å². The third-order valence-electron chi connectivity index (χ3n) is 3.15. The van der Waals surface area contributed by atoms with Crippen LogP contribution in [0.5, 0.6) is 0 Å². The first-order valence-electron chi connectivity index (χ1n) is 7.57. The summed E-state index contributed by atoms with van der Waals surface area (Å²) in [5.74, 6) is 2.67. The lowest BCUT2D eigenvalue weighted by Gasteiger charge is -2.18. The van der Waals surface area contributed by atoms with E-state index in [4.69, 9.17) is 9.47 Å². The Morgan fingerprint density at radius 2 is 1.91 bits per heavy atom. The minimum Gasteiger partial charge on any atom is -0.461 e. The molecule has 1 aromatic carbocycles. The highest BCUT2D eigenvalue weighted by Gasteiger charge is 2.16. The Morgan fingerprint density at radius 1 is 1.17 bits per heavy atom. The lowest BCUT2D eigenvalue weighted by molar-refractivity contribution is 0.0143. The van der Waals surface area contributed by atoms with Crippen LogP contribution in [0.15, 0.2) is 48.7 Å². The molecule has 0 bridgehead atoms. The molecule has 4 heteroatoms. The number of hydrogen-bond donors (Lipinski definition) is 0. The van der Waals surface area contributed by atoms with E-state index in [-0.39, 0.29) is 5.97 Å². The molecule has 0 aliphatic carbocycles. The molecule has 0 unspecified atom stereocenters. The molecule has 1 aromatic heterocycles. The van der Waals surface area contributed by atoms with E-state index in [1.165, 1.54) is 0 Å². The van der Waals surface area contributed by atoms with Crippen molar-refractivity contribution in [2.75, 3.05) is 6.61 Å². The van der Waals surface area contributed by atoms with Gasteiger partial charge in [-0.15, -0.1) is 0 Å². The molecule has 0 aliphatic rings. The molecule has 2 rings (SSSR count). The number of aromatic nitrogens is 1. The van der Waals surface area contributed by atoms with Crippen LogP contribution in [0.2, 0.25) is 0 Å². The van der Waals surface area contributed by atoms with E-state index in [2.05, 4.69) is 12.0 Å². The van der Waals surface area contributed by atoms with Gasteiger partial charge in [-0.25, -0.2) is 4.79 Å². The molecule has 0 atom stereocenters. The molecule has 0 saturated heterocycles. The Kier molecular flexibility index (Phi) is 5.61. The van der Waals surface area contributed by atoms with E-state index in [1.807, 2.05) is 44.2 Å². The van der Waals surface area contributed by atoms with Gasteiger partial charge in [0.25, 0.3) is 0 Å². The highest BCUT2D eigenvalue weighted by atomic mass is 16.5. The lowest BCUT2D eigenvalue weighted by Crippen LogP contribution is -2.22. The molecular formula is C19H21NO3. The number of ether oxygens (including phenoxy) is 2. The van der Waals surface area contributed by atoms with Crippen molar-refractivity contribution in [3.05, 3.63) is 59.9 Å². The fourth-order valence-corrected chi connectivity index (χ4v) is 1.92. The molecule has 120 valence electrons. The number of esters is 1. The first-order chi connectivity index (χ1) is 11.0. The summed E-state index contributed by atoms with van der Waals surface area (Å²) in [5.41, 5.74) is 0.875. The summed E-state index contributed by atoms with van der Waals surface area (Å²) < 4.78 is 12.4. The average molecular weight is 311 g/mol. The molecular weight excluding hydrogens is 290 g/mol. The fourth-order valence-electron chi connectivity index (χ4n) is 1.92. The maximum Gasteiger partial charge on any atom is 0.355 e. The molecule has 0 spiro atoms. The quantitative estimate of drug-likeness (QED) is 0.627. The molecule has 0 radical (unpaired) electrons. The second kappa shape index (κ2) is 7.66. The van der Waals surface area contributed by atoms with E-state index in [1.54, 1.807) is 29.8 Å². The standard InChI is InChI=1S/C19H21NO3/c1-4-22-18(21)17-11-8-13-20(17)14-12-19(2,3)23-15-16-9-6-5-7-10-16/h5-11,13H,4,15H2,1-3H3. The van der Waals surface area contributed by atoms with Gasteiger partial charge < -0.3 is 9.47 Å². The first-order valence-corrected chi connectivity index (χ1v) is 7.57. The molecule has 23 heavy (non-hydrogen) atoms. The maximum absolute atomic E-state index is 11.8. The summed E-state index contributed by atoms with van der Waals surface area (Å²) in [4.78, 5) is 11.8. The van der Waals surface area contributed by atoms with Crippen molar-refractivity contribution in [3.8, 4) is 12.0 Å². The van der Waals surface area contributed by atoms with E-state index >= 15 is 0 Å². The summed E-state index contributed by atoms with van der Waals surface area (Å²) >= 11 is 0. The third-order valence-corrected chi connectivity index (χ3v) is 3.15. The number of benzene rings is 1. The molecule has 1 heterocycles. The van der Waals surface area contributed by atoms with Gasteiger partial charge in [-0.05, 0) is 44.4 Å². The van der Waals surface area contributed by atoms with Crippen LogP contribution >= 0.6 is 0 Å². The summed E-state index contributed by atoms with van der Waals surface area (Å²) in [6, 6.07) is 16.3. The molecule has 0 N–H and O–H groups in total. The van der Waals surface area contributed by atoms with Crippen molar-refractivity contribution >= 4 is 5.97 Å². The zero-order valence-corrected chi connectivity index (χ0v) is 13.7. The van der Waals surface area contributed by atoms with Crippen molar-refractivity contribution in [1.82, 2.24) is 4.57 Å². The normalized spacial score (nSPS) is 10.7. The van der Waals surface area contributed by atoms with Crippen LogP contribution in [0.1, 0.15) is 36.8 Å². The molecule has 4 nitrogen and oxygen atoms in total. The largest absolute Gasteiger partial charge is 0.461 e. The number of carbonyl (C=O) groups is 1. The van der Waals surface area contributed by atoms with Gasteiger partial charge in [0.15, 0.2) is 0 Å². The monoisotopic (exact) mass is 311 g/mol. The lowest BCUT2D eigenvalue weighted by atomic mass is 10.1. The highest BCUT2D eigenvalue weighted by molar-refractivity contribution is 5.88. The van der Waals surface area contributed by atoms with Crippen LogP contribution in [-0.4, -0.2) is 22.7 Å². The van der Waals surface area contributed by atoms with E-state index in [0.29, 0.717) is 18.9 Å². The number of hydrogen-bond acceptors (Lipinski definition) is 3. The summed E-state index contributed by atoms with van der Waals surface area (Å²) in [6.45, 7) is 6.40. The van der Waals surface area contributed by atoms with Gasteiger partial charge in [0, 0.05) is 12.2 Å². The van der Waals surface area contributed by atoms with Gasteiger partial charge in [0.1, 0.15) is 11.3 Å². The van der Waals surface area contributed by atoms with Gasteiger partial charge in [-0.2, -0.15) is 0 Å². The Balaban J connectivity index is 2.05. The number of nitrogens with zero attached hydrogens (tertiary/aromatic N) is 1. The molecule has 2 aromatic rings. The zero-order chi connectivity index (χ0) is 16.7. The molecule has 0 amide bonds. The van der Waals surface area contributed by atoms with Crippen molar-refractivity contribution < 1.29 is 14.3 Å². The van der Waals surface area contributed by atoms with Crippen LogP contribution < -0.4 is 0 Å². The Labute approximate surface area is 137 Å². The van der Waals surface area contributed by atoms with Crippen LogP contribution in [0.3, 0.4) is 0 Å². The van der Waals surface area contributed by atoms with Crippen molar-refractivity contribution in [2.24, 2.45) is 0 Å². The topological polar surface area (TPSA) is 40.5 Å². The second-order valence-electron chi connectivity index (χ2n) is 5.51. The smallest absolute Gasteiger partial charge is 0.355 e. The van der Waals surface area contributed by atoms with Gasteiger partial charge in [-0.1, -0.05) is 30.3 Å². The SMILES string of the molecule is CCOC(=O)c1cccn1C#CC(C)(C)OCc1ccccc1. The van der Waals surface area contributed by atoms with Gasteiger partial charge in [0.05, 0.1) is 13.2 Å². The third kappa shape index (κ3) is 5.01. The van der Waals surface area contributed by atoms with E-state index in [9.17, 15) is 4.79 Å². The summed E-state index contributed by atoms with van der Waals surface area (Å²) in [7, 11) is 0. The molecule has 0 fully saturated rings. The van der Waals surface area contributed by atoms with Crippen LogP contribution in [0.25, 0.3) is 0 Å². The minimum atomic E-state index is -0.633. The summed E-state index contributed by atoms with van der Waals surface area (Å²) in [6.07, 6.45) is 1.73. The van der Waals surface area contributed by atoms with Crippen molar-refractivity contribution in [2.45, 2.75) is 33.0 Å². The van der Waals surface area contributed by atoms with E-state index < -0.39 is 5.60 Å². The highest BCUT2D eigenvalue weighted by Crippen LogP contribution is 2.12. The van der Waals surface area contributed by atoms with E-state index in [0.717, 1.165) is 5.56 Å². The number of rotatable bonds is 5. The van der Waals surface area contributed by atoms with Crippen molar-refractivity contribution in [1.29, 1.82) is 0 Å². The minimum absolute atomic E-state index is 0.336.